The fourth-order valence-electron chi connectivity index (χ4n) is 3.10. The molecule has 0 fully saturated rings. The molecule has 1 N–H and O–H groups in total. The quantitative estimate of drug-likeness (QED) is 0.388. The Morgan fingerprint density at radius 2 is 1.94 bits per heavy atom. The number of hydrogen-bond donors (Lipinski definition) is 1. The molecule has 9 heteroatoms. The number of benzene rings is 2. The third kappa shape index (κ3) is 6.00. The first-order valence-electron chi connectivity index (χ1n) is 10.1. The summed E-state index contributed by atoms with van der Waals surface area (Å²) in [6.45, 7) is 1.94. The number of ether oxygens (including phenoxy) is 1. The Morgan fingerprint density at radius 3 is 2.56 bits per heavy atom. The molecule has 0 saturated heterocycles. The molecule has 1 amide bonds. The number of carbonyl (C=O) groups excluding carboxylic acids is 1. The van der Waals surface area contributed by atoms with Crippen LogP contribution < -0.4 is 0 Å². The van der Waals surface area contributed by atoms with Crippen LogP contribution in [0.25, 0.3) is 11.1 Å². The number of rotatable bonds is 8. The second-order valence-electron chi connectivity index (χ2n) is 7.15. The zero-order valence-electron chi connectivity index (χ0n) is 17.4. The van der Waals surface area contributed by atoms with Crippen molar-refractivity contribution in [2.75, 3.05) is 6.61 Å². The van der Waals surface area contributed by atoms with E-state index in [0.29, 0.717) is 17.0 Å². The summed E-state index contributed by atoms with van der Waals surface area (Å²) in [7, 11) is 0. The van der Waals surface area contributed by atoms with Gasteiger partial charge in [-0.1, -0.05) is 43.7 Å². The van der Waals surface area contributed by atoms with Crippen LogP contribution in [0.3, 0.4) is 0 Å². The lowest BCUT2D eigenvalue weighted by Crippen LogP contribution is -2.31. The topological polar surface area (TPSA) is 62.7 Å². The van der Waals surface area contributed by atoms with E-state index in [0.717, 1.165) is 18.6 Å². The zero-order valence-corrected chi connectivity index (χ0v) is 18.2. The van der Waals surface area contributed by atoms with Gasteiger partial charge < -0.3 is 9.84 Å². The van der Waals surface area contributed by atoms with Crippen LogP contribution in [0.15, 0.2) is 54.0 Å². The molecule has 0 atom stereocenters. The summed E-state index contributed by atoms with van der Waals surface area (Å²) in [6, 6.07) is 10.1. The smallest absolute Gasteiger partial charge is 0.416 e. The van der Waals surface area contributed by atoms with Gasteiger partial charge in [-0.2, -0.15) is 13.2 Å². The summed E-state index contributed by atoms with van der Waals surface area (Å²) >= 11 is 1.32. The van der Waals surface area contributed by atoms with E-state index >= 15 is 0 Å². The lowest BCUT2D eigenvalue weighted by Gasteiger charge is -2.23. The molecular formula is C23H23F3N2O3S. The van der Waals surface area contributed by atoms with Crippen molar-refractivity contribution in [2.24, 2.45) is 0 Å². The van der Waals surface area contributed by atoms with Crippen LogP contribution >= 0.6 is 11.3 Å². The third-order valence-electron chi connectivity index (χ3n) is 4.75. The van der Waals surface area contributed by atoms with Gasteiger partial charge in [0.05, 0.1) is 25.3 Å². The molecule has 170 valence electrons. The fraction of sp³-hybridized carbons (Fsp3) is 0.304. The molecule has 3 aromatic rings. The Morgan fingerprint density at radius 1 is 1.19 bits per heavy atom. The molecule has 0 saturated carbocycles. The van der Waals surface area contributed by atoms with Gasteiger partial charge >= 0.3 is 12.3 Å². The van der Waals surface area contributed by atoms with E-state index in [1.165, 1.54) is 16.2 Å². The van der Waals surface area contributed by atoms with Gasteiger partial charge in [0.15, 0.2) is 0 Å². The lowest BCUT2D eigenvalue weighted by atomic mass is 9.97. The SMILES string of the molecule is CCCCOC(=O)N(Cc1nccs1)Cc1cc(C(F)(F)F)cc(-c2ccccc2)c1O. The van der Waals surface area contributed by atoms with Crippen LogP contribution in [0, 0.1) is 0 Å². The van der Waals surface area contributed by atoms with Crippen molar-refractivity contribution in [3.8, 4) is 16.9 Å². The second kappa shape index (κ2) is 10.5. The Bertz CT molecular complexity index is 1020. The van der Waals surface area contributed by atoms with E-state index in [1.807, 2.05) is 6.92 Å². The molecule has 0 spiro atoms. The van der Waals surface area contributed by atoms with Crippen molar-refractivity contribution in [1.29, 1.82) is 0 Å². The normalized spacial score (nSPS) is 11.4. The molecule has 0 unspecified atom stereocenters. The minimum absolute atomic E-state index is 0.0253. The first-order chi connectivity index (χ1) is 15.3. The van der Waals surface area contributed by atoms with Gasteiger partial charge in [0, 0.05) is 22.7 Å². The number of hydrogen-bond acceptors (Lipinski definition) is 5. The molecular weight excluding hydrogens is 441 g/mol. The Balaban J connectivity index is 1.99. The van der Waals surface area contributed by atoms with E-state index in [9.17, 15) is 23.1 Å². The van der Waals surface area contributed by atoms with Crippen molar-refractivity contribution < 1.29 is 27.8 Å². The van der Waals surface area contributed by atoms with Crippen molar-refractivity contribution in [3.05, 3.63) is 70.2 Å². The predicted octanol–water partition coefficient (Wildman–Crippen LogP) is 6.47. The van der Waals surface area contributed by atoms with Crippen LogP contribution in [0.5, 0.6) is 5.75 Å². The van der Waals surface area contributed by atoms with Crippen LogP contribution in [0.1, 0.15) is 35.9 Å². The Hall–Kier alpha value is -3.07. The van der Waals surface area contributed by atoms with E-state index in [2.05, 4.69) is 4.98 Å². The summed E-state index contributed by atoms with van der Waals surface area (Å²) < 4.78 is 46.1. The van der Waals surface area contributed by atoms with Crippen molar-refractivity contribution in [2.45, 2.75) is 39.0 Å². The maximum atomic E-state index is 13.6. The van der Waals surface area contributed by atoms with Crippen molar-refractivity contribution >= 4 is 17.4 Å². The fourth-order valence-corrected chi connectivity index (χ4v) is 3.73. The van der Waals surface area contributed by atoms with E-state index in [4.69, 9.17) is 4.74 Å². The number of thiazole rings is 1. The first kappa shape index (κ1) is 23.6. The van der Waals surface area contributed by atoms with E-state index < -0.39 is 17.8 Å². The number of halogens is 3. The highest BCUT2D eigenvalue weighted by Crippen LogP contribution is 2.40. The van der Waals surface area contributed by atoms with Crippen molar-refractivity contribution in [1.82, 2.24) is 9.88 Å². The molecule has 0 aliphatic heterocycles. The second-order valence-corrected chi connectivity index (χ2v) is 8.12. The largest absolute Gasteiger partial charge is 0.507 e. The molecule has 0 bridgehead atoms. The van der Waals surface area contributed by atoms with E-state index in [1.54, 1.807) is 41.9 Å². The van der Waals surface area contributed by atoms with Gasteiger partial charge in [-0.3, -0.25) is 4.90 Å². The number of phenols is 1. The lowest BCUT2D eigenvalue weighted by molar-refractivity contribution is -0.137. The minimum Gasteiger partial charge on any atom is -0.507 e. The summed E-state index contributed by atoms with van der Waals surface area (Å²) in [4.78, 5) is 18.1. The number of aromatic hydroxyl groups is 1. The van der Waals surface area contributed by atoms with Crippen LogP contribution in [0.2, 0.25) is 0 Å². The number of unbranched alkanes of at least 4 members (excludes halogenated alkanes) is 1. The number of nitrogens with zero attached hydrogens (tertiary/aromatic N) is 2. The highest BCUT2D eigenvalue weighted by atomic mass is 32.1. The van der Waals surface area contributed by atoms with Gasteiger partial charge in [-0.15, -0.1) is 11.3 Å². The molecule has 0 radical (unpaired) electrons. The van der Waals surface area contributed by atoms with Gasteiger partial charge in [0.2, 0.25) is 0 Å². The average molecular weight is 465 g/mol. The monoisotopic (exact) mass is 464 g/mol. The first-order valence-corrected chi connectivity index (χ1v) is 11.0. The summed E-state index contributed by atoms with van der Waals surface area (Å²) in [5, 5.41) is 13.2. The highest BCUT2D eigenvalue weighted by molar-refractivity contribution is 7.09. The van der Waals surface area contributed by atoms with E-state index in [-0.39, 0.29) is 36.6 Å². The molecule has 5 nitrogen and oxygen atoms in total. The Kier molecular flexibility index (Phi) is 7.74. The van der Waals surface area contributed by atoms with Gasteiger partial charge in [-0.25, -0.2) is 9.78 Å². The summed E-state index contributed by atoms with van der Waals surface area (Å²) in [5.74, 6) is -0.310. The van der Waals surface area contributed by atoms with Gasteiger partial charge in [-0.05, 0) is 24.1 Å². The van der Waals surface area contributed by atoms with Crippen molar-refractivity contribution in [3.63, 3.8) is 0 Å². The highest BCUT2D eigenvalue weighted by Gasteiger charge is 2.33. The number of carbonyl (C=O) groups is 1. The minimum atomic E-state index is -4.62. The van der Waals surface area contributed by atoms with Crippen LogP contribution in [-0.4, -0.2) is 27.7 Å². The van der Waals surface area contributed by atoms with Gasteiger partial charge in [0.1, 0.15) is 10.8 Å². The molecule has 0 aliphatic rings. The van der Waals surface area contributed by atoms with Gasteiger partial charge in [0.25, 0.3) is 0 Å². The number of aromatic nitrogens is 1. The molecule has 2 aromatic carbocycles. The average Bonchev–Trinajstić information content (AvgIpc) is 3.27. The number of phenolic OH excluding ortho intramolecular Hbond substituents is 1. The van der Waals surface area contributed by atoms with Crippen LogP contribution in [-0.2, 0) is 24.0 Å². The maximum Gasteiger partial charge on any atom is 0.416 e. The zero-order chi connectivity index (χ0) is 23.1. The third-order valence-corrected chi connectivity index (χ3v) is 5.52. The standard InChI is InChI=1S/C23H23F3N2O3S/c1-2-3-10-31-22(30)28(15-20-27-9-11-32-20)14-17-12-18(23(24,25)26)13-19(21(17)29)16-7-5-4-6-8-16/h4-9,11-13,29H,2-3,10,14-15H2,1H3. The van der Waals surface area contributed by atoms with Crippen LogP contribution in [0.4, 0.5) is 18.0 Å². The molecule has 32 heavy (non-hydrogen) atoms. The predicted molar refractivity (Wildman–Crippen MR) is 116 cm³/mol. The summed E-state index contributed by atoms with van der Waals surface area (Å²) in [5.41, 5.74) is -0.446. The Labute approximate surface area is 188 Å². The maximum absolute atomic E-state index is 13.6. The molecule has 1 heterocycles. The number of amides is 1. The summed E-state index contributed by atoms with van der Waals surface area (Å²) in [6.07, 6.45) is -2.21. The molecule has 1 aromatic heterocycles. The molecule has 3 rings (SSSR count). The number of alkyl halides is 3. The molecule has 0 aliphatic carbocycles.